The number of amides is 1. The van der Waals surface area contributed by atoms with Crippen molar-refractivity contribution in [3.8, 4) is 0 Å². The van der Waals surface area contributed by atoms with Crippen LogP contribution in [0.25, 0.3) is 0 Å². The zero-order valence-corrected chi connectivity index (χ0v) is 7.35. The number of carbonyl (C=O) groups is 1. The molecule has 0 heterocycles. The van der Waals surface area contributed by atoms with Gasteiger partial charge in [0.25, 0.3) is 0 Å². The molecule has 2 saturated carbocycles. The van der Waals surface area contributed by atoms with Gasteiger partial charge < -0.3 is 5.73 Å². The number of rotatable bonds is 1. The summed E-state index contributed by atoms with van der Waals surface area (Å²) >= 11 is 0. The van der Waals surface area contributed by atoms with E-state index in [9.17, 15) is 13.6 Å². The van der Waals surface area contributed by atoms with Crippen molar-refractivity contribution >= 4 is 5.91 Å². The van der Waals surface area contributed by atoms with Gasteiger partial charge in [0.2, 0.25) is 11.8 Å². The molecule has 0 aromatic rings. The summed E-state index contributed by atoms with van der Waals surface area (Å²) in [6.07, 6.45) is 1.52. The van der Waals surface area contributed by atoms with Crippen LogP contribution >= 0.6 is 0 Å². The van der Waals surface area contributed by atoms with Crippen LogP contribution in [0.2, 0.25) is 0 Å². The van der Waals surface area contributed by atoms with Crippen molar-refractivity contribution in [3.05, 3.63) is 0 Å². The number of primary amides is 1. The summed E-state index contributed by atoms with van der Waals surface area (Å²) in [5, 5.41) is 0. The predicted octanol–water partition coefficient (Wildman–Crippen LogP) is 1.69. The number of alkyl halides is 2. The standard InChI is InChI=1S/C9H13F2NO/c10-9(11)3-1-8(2-4-9)5-6(8)7(12)13/h6H,1-5H2,(H2,12,13). The average Bonchev–Trinajstić information content (AvgIpc) is 2.72. The summed E-state index contributed by atoms with van der Waals surface area (Å²) in [6, 6.07) is 0. The van der Waals surface area contributed by atoms with Crippen LogP contribution in [0, 0.1) is 11.3 Å². The molecule has 1 spiro atoms. The van der Waals surface area contributed by atoms with Crippen LogP contribution < -0.4 is 5.73 Å². The fraction of sp³-hybridized carbons (Fsp3) is 0.889. The molecule has 0 saturated heterocycles. The zero-order chi connectivity index (χ0) is 9.69. The second-order valence-corrected chi connectivity index (χ2v) is 4.38. The first-order valence-corrected chi connectivity index (χ1v) is 4.62. The molecule has 0 aliphatic heterocycles. The topological polar surface area (TPSA) is 43.1 Å². The first kappa shape index (κ1) is 8.91. The molecular weight excluding hydrogens is 176 g/mol. The SMILES string of the molecule is NC(=O)C1CC12CCC(F)(F)CC2. The minimum absolute atomic E-state index is 0.0726. The first-order chi connectivity index (χ1) is 5.95. The summed E-state index contributed by atoms with van der Waals surface area (Å²) in [6.45, 7) is 0. The van der Waals surface area contributed by atoms with Crippen molar-refractivity contribution < 1.29 is 13.6 Å². The number of hydrogen-bond acceptors (Lipinski definition) is 1. The van der Waals surface area contributed by atoms with Crippen molar-refractivity contribution in [2.45, 2.75) is 38.0 Å². The van der Waals surface area contributed by atoms with Crippen LogP contribution in [-0.4, -0.2) is 11.8 Å². The van der Waals surface area contributed by atoms with Crippen molar-refractivity contribution in [2.24, 2.45) is 17.1 Å². The van der Waals surface area contributed by atoms with E-state index in [1.54, 1.807) is 0 Å². The lowest BCUT2D eigenvalue weighted by Crippen LogP contribution is -2.28. The van der Waals surface area contributed by atoms with E-state index in [1.807, 2.05) is 0 Å². The highest BCUT2D eigenvalue weighted by atomic mass is 19.3. The quantitative estimate of drug-likeness (QED) is 0.670. The second-order valence-electron chi connectivity index (χ2n) is 4.38. The monoisotopic (exact) mass is 189 g/mol. The molecule has 2 N–H and O–H groups in total. The number of halogens is 2. The molecule has 0 aromatic heterocycles. The molecule has 1 amide bonds. The van der Waals surface area contributed by atoms with Crippen LogP contribution in [0.5, 0.6) is 0 Å². The van der Waals surface area contributed by atoms with Crippen LogP contribution in [0.15, 0.2) is 0 Å². The van der Waals surface area contributed by atoms with Gasteiger partial charge in [-0.1, -0.05) is 0 Å². The Morgan fingerprint density at radius 3 is 2.15 bits per heavy atom. The molecule has 2 nitrogen and oxygen atoms in total. The van der Waals surface area contributed by atoms with Crippen molar-refractivity contribution in [2.75, 3.05) is 0 Å². The second kappa shape index (κ2) is 2.42. The summed E-state index contributed by atoms with van der Waals surface area (Å²) in [4.78, 5) is 10.8. The third-order valence-electron chi connectivity index (χ3n) is 3.51. The molecule has 2 aliphatic carbocycles. The molecule has 0 radical (unpaired) electrons. The summed E-state index contributed by atoms with van der Waals surface area (Å²) < 4.78 is 25.6. The van der Waals surface area contributed by atoms with Crippen LogP contribution in [0.1, 0.15) is 32.1 Å². The molecule has 1 atom stereocenters. The number of nitrogens with two attached hydrogens (primary N) is 1. The van der Waals surface area contributed by atoms with Gasteiger partial charge in [0.05, 0.1) is 0 Å². The Morgan fingerprint density at radius 2 is 1.77 bits per heavy atom. The maximum atomic E-state index is 12.8. The van der Waals surface area contributed by atoms with Crippen LogP contribution in [-0.2, 0) is 4.79 Å². The van der Waals surface area contributed by atoms with Gasteiger partial charge in [-0.2, -0.15) is 0 Å². The van der Waals surface area contributed by atoms with Gasteiger partial charge in [0.15, 0.2) is 0 Å². The minimum Gasteiger partial charge on any atom is -0.369 e. The minimum atomic E-state index is -2.50. The number of carbonyl (C=O) groups excluding carboxylic acids is 1. The van der Waals surface area contributed by atoms with Gasteiger partial charge in [-0.05, 0) is 24.7 Å². The highest BCUT2D eigenvalue weighted by Crippen LogP contribution is 2.63. The molecule has 2 fully saturated rings. The molecule has 74 valence electrons. The van der Waals surface area contributed by atoms with Crippen molar-refractivity contribution in [1.82, 2.24) is 0 Å². The fourth-order valence-corrected chi connectivity index (χ4v) is 2.42. The molecule has 0 bridgehead atoms. The average molecular weight is 189 g/mol. The summed E-state index contributed by atoms with van der Waals surface area (Å²) in [5.41, 5.74) is 5.01. The third-order valence-corrected chi connectivity index (χ3v) is 3.51. The molecule has 0 aromatic carbocycles. The normalized spacial score (nSPS) is 34.5. The lowest BCUT2D eigenvalue weighted by atomic mass is 9.82. The van der Waals surface area contributed by atoms with Crippen LogP contribution in [0.3, 0.4) is 0 Å². The molecule has 1 unspecified atom stereocenters. The van der Waals surface area contributed by atoms with E-state index in [0.717, 1.165) is 6.42 Å². The fourth-order valence-electron chi connectivity index (χ4n) is 2.42. The van der Waals surface area contributed by atoms with E-state index >= 15 is 0 Å². The Kier molecular flexibility index (Phi) is 1.66. The van der Waals surface area contributed by atoms with Gasteiger partial charge in [-0.15, -0.1) is 0 Å². The lowest BCUT2D eigenvalue weighted by Gasteiger charge is -2.28. The van der Waals surface area contributed by atoms with E-state index in [-0.39, 0.29) is 30.1 Å². The number of hydrogen-bond donors (Lipinski definition) is 1. The molecule has 2 rings (SSSR count). The van der Waals surface area contributed by atoms with Crippen molar-refractivity contribution in [1.29, 1.82) is 0 Å². The van der Waals surface area contributed by atoms with Crippen molar-refractivity contribution in [3.63, 3.8) is 0 Å². The van der Waals surface area contributed by atoms with E-state index in [0.29, 0.717) is 12.8 Å². The highest BCUT2D eigenvalue weighted by molar-refractivity contribution is 5.80. The van der Waals surface area contributed by atoms with E-state index < -0.39 is 5.92 Å². The van der Waals surface area contributed by atoms with Gasteiger partial charge >= 0.3 is 0 Å². The molecule has 4 heteroatoms. The molecule has 13 heavy (non-hydrogen) atoms. The van der Waals surface area contributed by atoms with Crippen LogP contribution in [0.4, 0.5) is 8.78 Å². The summed E-state index contributed by atoms with van der Waals surface area (Å²) in [7, 11) is 0. The Hall–Kier alpha value is -0.670. The highest BCUT2D eigenvalue weighted by Gasteiger charge is 2.60. The van der Waals surface area contributed by atoms with Gasteiger partial charge in [-0.25, -0.2) is 8.78 Å². The largest absolute Gasteiger partial charge is 0.369 e. The molecular formula is C9H13F2NO. The van der Waals surface area contributed by atoms with E-state index in [2.05, 4.69) is 0 Å². The Labute approximate surface area is 75.5 Å². The van der Waals surface area contributed by atoms with E-state index in [1.165, 1.54) is 0 Å². The maximum absolute atomic E-state index is 12.8. The van der Waals surface area contributed by atoms with E-state index in [4.69, 9.17) is 5.73 Å². The Balaban J connectivity index is 1.97. The summed E-state index contributed by atoms with van der Waals surface area (Å²) in [5.74, 6) is -2.94. The third kappa shape index (κ3) is 1.42. The van der Waals surface area contributed by atoms with Gasteiger partial charge in [-0.3, -0.25) is 4.79 Å². The molecule has 2 aliphatic rings. The maximum Gasteiger partial charge on any atom is 0.248 e. The Bertz CT molecular complexity index is 242. The predicted molar refractivity (Wildman–Crippen MR) is 43.1 cm³/mol. The van der Waals surface area contributed by atoms with Gasteiger partial charge in [0, 0.05) is 18.8 Å². The smallest absolute Gasteiger partial charge is 0.248 e. The lowest BCUT2D eigenvalue weighted by molar-refractivity contribution is -0.121. The van der Waals surface area contributed by atoms with Gasteiger partial charge in [0.1, 0.15) is 0 Å². The Morgan fingerprint density at radius 1 is 1.23 bits per heavy atom. The zero-order valence-electron chi connectivity index (χ0n) is 7.35. The first-order valence-electron chi connectivity index (χ1n) is 4.62.